The number of hydrogen-bond acceptors (Lipinski definition) is 6. The maximum Gasteiger partial charge on any atom is 0.410 e. The molecule has 1 aromatic rings. The number of carboxylic acid groups (broad SMARTS) is 1. The van der Waals surface area contributed by atoms with Gasteiger partial charge in [0, 0.05) is 62.4 Å². The van der Waals surface area contributed by atoms with E-state index >= 15 is 0 Å². The number of nitrogens with one attached hydrogen (secondary N) is 1. The molecule has 0 unspecified atom stereocenters. The largest absolute Gasteiger partial charge is 0.478 e. The van der Waals surface area contributed by atoms with E-state index in [-0.39, 0.29) is 29.6 Å². The van der Waals surface area contributed by atoms with E-state index < -0.39 is 17.6 Å². The van der Waals surface area contributed by atoms with Crippen molar-refractivity contribution >= 4 is 29.5 Å². The number of hydrogen-bond donors (Lipinski definition) is 3. The Kier molecular flexibility index (Phi) is 9.77. The number of aliphatic hydroxyl groups excluding tert-OH is 1. The van der Waals surface area contributed by atoms with E-state index in [0.717, 1.165) is 24.3 Å². The van der Waals surface area contributed by atoms with Crippen molar-refractivity contribution < 1.29 is 33.3 Å². The summed E-state index contributed by atoms with van der Waals surface area (Å²) >= 11 is 0. The van der Waals surface area contributed by atoms with Crippen LogP contribution in [0.2, 0.25) is 0 Å². The molecule has 0 bridgehead atoms. The number of carboxylic acids is 1. The van der Waals surface area contributed by atoms with Crippen molar-refractivity contribution in [1.29, 1.82) is 5.41 Å². The summed E-state index contributed by atoms with van der Waals surface area (Å²) in [5, 5.41) is 25.2. The average molecular weight is 468 g/mol. The number of amides is 1. The Balaban J connectivity index is 0.000000257. The predicted octanol–water partition coefficient (Wildman–Crippen LogP) is 3.67. The highest BCUT2D eigenvalue weighted by atomic mass is 19.1. The second-order valence-corrected chi connectivity index (χ2v) is 8.24. The van der Waals surface area contributed by atoms with Crippen molar-refractivity contribution in [1.82, 2.24) is 4.90 Å². The lowest BCUT2D eigenvalue weighted by atomic mass is 10.1. The molecule has 1 aromatic carbocycles. The summed E-state index contributed by atoms with van der Waals surface area (Å²) in [5.74, 6) is -2.48. The molecule has 0 spiro atoms. The molecule has 2 fully saturated rings. The molecule has 2 heterocycles. The van der Waals surface area contributed by atoms with Crippen LogP contribution in [0.3, 0.4) is 0 Å². The summed E-state index contributed by atoms with van der Waals surface area (Å²) in [4.78, 5) is 25.1. The van der Waals surface area contributed by atoms with E-state index in [2.05, 4.69) is 0 Å². The van der Waals surface area contributed by atoms with Crippen molar-refractivity contribution in [3.05, 3.63) is 35.4 Å². The minimum absolute atomic E-state index is 0.0700. The van der Waals surface area contributed by atoms with Gasteiger partial charge in [0.15, 0.2) is 0 Å². The third-order valence-corrected chi connectivity index (χ3v) is 5.24. The molecule has 2 aliphatic rings. The van der Waals surface area contributed by atoms with Gasteiger partial charge in [0.2, 0.25) is 0 Å². The third-order valence-electron chi connectivity index (χ3n) is 5.24. The van der Waals surface area contributed by atoms with Crippen LogP contribution in [-0.4, -0.2) is 71.3 Å². The number of aliphatic carboxylic acids is 1. The fraction of sp³-hybridized carbons (Fsp3) is 0.522. The molecule has 1 amide bonds. The Labute approximate surface area is 192 Å². The number of carbonyl (C=O) groups is 2. The van der Waals surface area contributed by atoms with Crippen LogP contribution in [0.1, 0.15) is 45.1 Å². The van der Waals surface area contributed by atoms with Gasteiger partial charge in [0.25, 0.3) is 0 Å². The van der Waals surface area contributed by atoms with Crippen molar-refractivity contribution in [3.8, 4) is 0 Å². The monoisotopic (exact) mass is 467 g/mol. The number of anilines is 1. The van der Waals surface area contributed by atoms with Crippen molar-refractivity contribution in [2.24, 2.45) is 0 Å². The van der Waals surface area contributed by atoms with Crippen molar-refractivity contribution in [2.75, 3.05) is 31.1 Å². The van der Waals surface area contributed by atoms with Gasteiger partial charge in [-0.15, -0.1) is 0 Å². The summed E-state index contributed by atoms with van der Waals surface area (Å²) in [7, 11) is 0. The third kappa shape index (κ3) is 8.45. The number of aliphatic hydroxyl groups is 1. The van der Waals surface area contributed by atoms with Crippen LogP contribution in [0.25, 0.3) is 6.08 Å². The first-order valence-corrected chi connectivity index (χ1v) is 10.9. The molecule has 33 heavy (non-hydrogen) atoms. The number of likely N-dealkylation sites (tertiary alicyclic amines) is 1. The molecular weight excluding hydrogens is 436 g/mol. The molecule has 2 aliphatic heterocycles. The SMILES string of the molecule is CC(C)OC(=O)N1CCC(O)CC1.N=C1CCN(c2cc(F)c(/C=C/C(=O)O)cc2F)CC1. The van der Waals surface area contributed by atoms with Crippen LogP contribution >= 0.6 is 0 Å². The van der Waals surface area contributed by atoms with Gasteiger partial charge in [-0.1, -0.05) is 0 Å². The van der Waals surface area contributed by atoms with Crippen molar-refractivity contribution in [3.63, 3.8) is 0 Å². The van der Waals surface area contributed by atoms with Gasteiger partial charge < -0.3 is 30.2 Å². The standard InChI is InChI=1S/C14H14F2N2O2.C9H17NO3/c15-11-8-13(18-5-3-10(17)4-6-18)12(16)7-9(11)1-2-14(19)20;1-7(2)13-9(12)10-5-3-8(11)4-6-10/h1-2,7-8,17H,3-6H2,(H,19,20);7-8,11H,3-6H2,1-2H3/b2-1+;. The molecule has 3 rings (SSSR count). The summed E-state index contributed by atoms with van der Waals surface area (Å²) in [6.07, 6.45) is 3.62. The zero-order valence-electron chi connectivity index (χ0n) is 18.9. The first kappa shape index (κ1) is 26.2. The lowest BCUT2D eigenvalue weighted by molar-refractivity contribution is -0.131. The van der Waals surface area contributed by atoms with Crippen LogP contribution < -0.4 is 4.90 Å². The molecule has 10 heteroatoms. The van der Waals surface area contributed by atoms with Crippen LogP contribution in [0.4, 0.5) is 19.3 Å². The van der Waals surface area contributed by atoms with Gasteiger partial charge in [-0.2, -0.15) is 0 Å². The second-order valence-electron chi connectivity index (χ2n) is 8.24. The number of benzene rings is 1. The number of ether oxygens (including phenoxy) is 1. The van der Waals surface area contributed by atoms with Crippen LogP contribution in [0.5, 0.6) is 0 Å². The first-order valence-electron chi connectivity index (χ1n) is 10.9. The molecule has 2 saturated heterocycles. The molecule has 0 saturated carbocycles. The van der Waals surface area contributed by atoms with Crippen molar-refractivity contribution in [2.45, 2.75) is 51.7 Å². The molecule has 0 aliphatic carbocycles. The Hall–Kier alpha value is -3.01. The summed E-state index contributed by atoms with van der Waals surface area (Å²) in [6, 6.07) is 2.07. The maximum atomic E-state index is 14.0. The highest BCUT2D eigenvalue weighted by Crippen LogP contribution is 2.26. The smallest absolute Gasteiger partial charge is 0.410 e. The molecule has 0 atom stereocenters. The minimum atomic E-state index is -1.22. The van der Waals surface area contributed by atoms with E-state index in [4.69, 9.17) is 15.3 Å². The first-order chi connectivity index (χ1) is 15.6. The lowest BCUT2D eigenvalue weighted by Crippen LogP contribution is -2.41. The quantitative estimate of drug-likeness (QED) is 0.582. The number of nitrogens with zero attached hydrogens (tertiary/aromatic N) is 2. The van der Waals surface area contributed by atoms with E-state index in [1.807, 2.05) is 13.8 Å². The van der Waals surface area contributed by atoms with E-state index in [9.17, 15) is 23.5 Å². The zero-order valence-corrected chi connectivity index (χ0v) is 18.9. The fourth-order valence-electron chi connectivity index (χ4n) is 3.42. The summed E-state index contributed by atoms with van der Waals surface area (Å²) < 4.78 is 32.9. The molecule has 0 aromatic heterocycles. The summed E-state index contributed by atoms with van der Waals surface area (Å²) in [5.41, 5.74) is 0.670. The number of halogens is 2. The van der Waals surface area contributed by atoms with Gasteiger partial charge in [-0.3, -0.25) is 0 Å². The number of rotatable bonds is 4. The van der Waals surface area contributed by atoms with Gasteiger partial charge in [0.1, 0.15) is 11.6 Å². The minimum Gasteiger partial charge on any atom is -0.478 e. The van der Waals surface area contributed by atoms with Crippen LogP contribution in [-0.2, 0) is 9.53 Å². The Morgan fingerprint density at radius 2 is 1.73 bits per heavy atom. The Bertz CT molecular complexity index is 873. The molecular formula is C23H31F2N3O5. The van der Waals surface area contributed by atoms with E-state index in [1.165, 1.54) is 0 Å². The van der Waals surface area contributed by atoms with Gasteiger partial charge >= 0.3 is 12.1 Å². The topological polar surface area (TPSA) is 114 Å². The Morgan fingerprint density at radius 3 is 2.27 bits per heavy atom. The van der Waals surface area contributed by atoms with E-state index in [1.54, 1.807) is 9.80 Å². The highest BCUT2D eigenvalue weighted by Gasteiger charge is 2.22. The molecule has 8 nitrogen and oxygen atoms in total. The number of carbonyl (C=O) groups excluding carboxylic acids is 1. The number of piperidine rings is 2. The average Bonchev–Trinajstić information content (AvgIpc) is 2.75. The fourth-order valence-corrected chi connectivity index (χ4v) is 3.42. The lowest BCUT2D eigenvalue weighted by Gasteiger charge is -2.29. The van der Waals surface area contributed by atoms with Crippen LogP contribution in [0.15, 0.2) is 18.2 Å². The normalized spacial score (nSPS) is 17.2. The maximum absolute atomic E-state index is 14.0. The van der Waals surface area contributed by atoms with Gasteiger partial charge in [-0.05, 0) is 38.8 Å². The Morgan fingerprint density at radius 1 is 1.12 bits per heavy atom. The van der Waals surface area contributed by atoms with Crippen LogP contribution in [0, 0.1) is 17.0 Å². The summed E-state index contributed by atoms with van der Waals surface area (Å²) in [6.45, 7) is 5.84. The molecule has 182 valence electrons. The zero-order chi connectivity index (χ0) is 24.5. The van der Waals surface area contributed by atoms with Gasteiger partial charge in [0.05, 0.1) is 17.9 Å². The highest BCUT2D eigenvalue weighted by molar-refractivity contribution is 5.85. The predicted molar refractivity (Wildman–Crippen MR) is 121 cm³/mol. The van der Waals surface area contributed by atoms with E-state index in [0.29, 0.717) is 57.6 Å². The molecule has 0 radical (unpaired) electrons. The second kappa shape index (κ2) is 12.3. The molecule has 3 N–H and O–H groups in total. The van der Waals surface area contributed by atoms with Gasteiger partial charge in [-0.25, -0.2) is 18.4 Å².